The summed E-state index contributed by atoms with van der Waals surface area (Å²) in [6.45, 7) is 1.84. The van der Waals surface area contributed by atoms with E-state index in [0.29, 0.717) is 0 Å². The van der Waals surface area contributed by atoms with Gasteiger partial charge in [0.15, 0.2) is 5.00 Å². The van der Waals surface area contributed by atoms with Gasteiger partial charge in [-0.2, -0.15) is 0 Å². The molecule has 1 saturated carbocycles. The summed E-state index contributed by atoms with van der Waals surface area (Å²) in [6, 6.07) is 1.10. The van der Waals surface area contributed by atoms with E-state index in [2.05, 4.69) is 10.0 Å². The summed E-state index contributed by atoms with van der Waals surface area (Å²) in [7, 11) is -2.18. The maximum atomic E-state index is 12.2. The molecular weight excluding hydrogens is 290 g/mol. The van der Waals surface area contributed by atoms with Crippen molar-refractivity contribution >= 4 is 32.0 Å². The van der Waals surface area contributed by atoms with Crippen molar-refractivity contribution in [3.63, 3.8) is 0 Å². The van der Waals surface area contributed by atoms with Crippen LogP contribution in [0.4, 0.5) is 10.7 Å². The van der Waals surface area contributed by atoms with Gasteiger partial charge in [0.1, 0.15) is 4.21 Å². The second kappa shape index (κ2) is 4.73. The average Bonchev–Trinajstić information content (AvgIpc) is 2.71. The van der Waals surface area contributed by atoms with Crippen molar-refractivity contribution in [1.29, 1.82) is 0 Å². The maximum absolute atomic E-state index is 12.2. The van der Waals surface area contributed by atoms with E-state index in [1.165, 1.54) is 7.05 Å². The highest BCUT2D eigenvalue weighted by atomic mass is 32.2. The van der Waals surface area contributed by atoms with Crippen LogP contribution >= 0.6 is 11.3 Å². The van der Waals surface area contributed by atoms with Crippen LogP contribution in [-0.2, 0) is 10.0 Å². The number of thiophene rings is 1. The molecule has 1 aliphatic rings. The second-order valence-electron chi connectivity index (χ2n) is 4.81. The molecule has 1 fully saturated rings. The summed E-state index contributed by atoms with van der Waals surface area (Å²) >= 11 is 0.867. The van der Waals surface area contributed by atoms with Crippen molar-refractivity contribution in [2.75, 3.05) is 12.4 Å². The van der Waals surface area contributed by atoms with Crippen molar-refractivity contribution in [2.45, 2.75) is 35.9 Å². The molecule has 7 nitrogen and oxygen atoms in total. The molecule has 1 heterocycles. The van der Waals surface area contributed by atoms with Crippen LogP contribution in [0.1, 0.15) is 26.2 Å². The Balaban J connectivity index is 2.32. The largest absolute Gasteiger partial charge is 0.374 e. The third kappa shape index (κ3) is 2.72. The van der Waals surface area contributed by atoms with E-state index in [1.807, 2.05) is 6.92 Å². The zero-order valence-electron chi connectivity index (χ0n) is 10.6. The molecule has 0 amide bonds. The molecule has 0 bridgehead atoms. The molecular formula is C10H15N3O4S2. The Labute approximate surface area is 115 Å². The molecule has 0 aliphatic heterocycles. The van der Waals surface area contributed by atoms with E-state index >= 15 is 0 Å². The van der Waals surface area contributed by atoms with Crippen LogP contribution in [0.2, 0.25) is 0 Å². The van der Waals surface area contributed by atoms with E-state index in [0.717, 1.165) is 36.7 Å². The number of nitro groups is 1. The quantitative estimate of drug-likeness (QED) is 0.639. The van der Waals surface area contributed by atoms with Crippen LogP contribution in [0, 0.1) is 10.1 Å². The van der Waals surface area contributed by atoms with E-state index in [4.69, 9.17) is 0 Å². The number of sulfonamides is 1. The Hall–Kier alpha value is -1.19. The third-order valence-corrected chi connectivity index (χ3v) is 6.47. The molecule has 2 N–H and O–H groups in total. The van der Waals surface area contributed by atoms with E-state index in [9.17, 15) is 18.5 Å². The summed E-state index contributed by atoms with van der Waals surface area (Å²) in [5, 5.41) is 13.7. The van der Waals surface area contributed by atoms with Gasteiger partial charge in [-0.15, -0.1) is 0 Å². The van der Waals surface area contributed by atoms with Gasteiger partial charge in [0.05, 0.1) is 4.92 Å². The minimum atomic E-state index is -3.70. The Morgan fingerprint density at radius 1 is 1.47 bits per heavy atom. The maximum Gasteiger partial charge on any atom is 0.304 e. The predicted octanol–water partition coefficient (Wildman–Crippen LogP) is 1.92. The molecule has 0 radical (unpaired) electrons. The molecule has 0 aromatic carbocycles. The van der Waals surface area contributed by atoms with Gasteiger partial charge < -0.3 is 5.32 Å². The van der Waals surface area contributed by atoms with E-state index < -0.39 is 20.5 Å². The molecule has 0 spiro atoms. The van der Waals surface area contributed by atoms with Gasteiger partial charge >= 0.3 is 5.69 Å². The highest BCUT2D eigenvalue weighted by molar-refractivity contribution is 7.91. The van der Waals surface area contributed by atoms with Crippen molar-refractivity contribution in [2.24, 2.45) is 0 Å². The average molecular weight is 305 g/mol. The molecule has 0 atom stereocenters. The number of rotatable bonds is 5. The zero-order valence-corrected chi connectivity index (χ0v) is 12.2. The van der Waals surface area contributed by atoms with Crippen LogP contribution in [0.3, 0.4) is 0 Å². The van der Waals surface area contributed by atoms with Crippen LogP contribution < -0.4 is 10.0 Å². The second-order valence-corrected chi connectivity index (χ2v) is 7.77. The number of hydrogen-bond donors (Lipinski definition) is 2. The van der Waals surface area contributed by atoms with E-state index in [-0.39, 0.29) is 14.9 Å². The number of nitrogens with zero attached hydrogens (tertiary/aromatic N) is 1. The molecule has 1 aromatic rings. The predicted molar refractivity (Wildman–Crippen MR) is 73.1 cm³/mol. The fourth-order valence-electron chi connectivity index (χ4n) is 1.99. The zero-order chi connectivity index (χ0) is 14.3. The van der Waals surface area contributed by atoms with E-state index in [1.54, 1.807) is 0 Å². The molecule has 1 aliphatic carbocycles. The number of hydrogen-bond acceptors (Lipinski definition) is 6. The summed E-state index contributed by atoms with van der Waals surface area (Å²) in [5.41, 5.74) is -0.635. The van der Waals surface area contributed by atoms with Crippen molar-refractivity contribution in [1.82, 2.24) is 4.72 Å². The van der Waals surface area contributed by atoms with Gasteiger partial charge in [-0.25, -0.2) is 13.1 Å². The van der Waals surface area contributed by atoms with Gasteiger partial charge in [-0.05, 0) is 26.2 Å². The lowest BCUT2D eigenvalue weighted by Gasteiger charge is -2.38. The summed E-state index contributed by atoms with van der Waals surface area (Å²) < 4.78 is 27.0. The molecule has 0 unspecified atom stereocenters. The minimum absolute atomic E-state index is 0.0309. The molecule has 19 heavy (non-hydrogen) atoms. The first kappa shape index (κ1) is 14.2. The molecule has 2 rings (SSSR count). The first-order valence-electron chi connectivity index (χ1n) is 5.77. The summed E-state index contributed by atoms with van der Waals surface area (Å²) in [4.78, 5) is 10.2. The molecule has 9 heteroatoms. The monoisotopic (exact) mass is 305 g/mol. The van der Waals surface area contributed by atoms with Crippen molar-refractivity contribution in [3.8, 4) is 0 Å². The topological polar surface area (TPSA) is 101 Å². The van der Waals surface area contributed by atoms with Gasteiger partial charge in [0.25, 0.3) is 10.0 Å². The van der Waals surface area contributed by atoms with Gasteiger partial charge in [-0.1, -0.05) is 11.3 Å². The highest BCUT2D eigenvalue weighted by Crippen LogP contribution is 2.38. The normalized spacial score (nSPS) is 17.8. The van der Waals surface area contributed by atoms with Gasteiger partial charge in [0, 0.05) is 18.7 Å². The Morgan fingerprint density at radius 3 is 2.47 bits per heavy atom. The lowest BCUT2D eigenvalue weighted by Crippen LogP contribution is -2.50. The fraction of sp³-hybridized carbons (Fsp3) is 0.600. The van der Waals surface area contributed by atoms with Crippen molar-refractivity contribution in [3.05, 3.63) is 16.2 Å². The van der Waals surface area contributed by atoms with Crippen LogP contribution in [0.25, 0.3) is 0 Å². The fourth-order valence-corrected chi connectivity index (χ4v) is 4.74. The molecule has 106 valence electrons. The Bertz CT molecular complexity index is 604. The summed E-state index contributed by atoms with van der Waals surface area (Å²) in [6.07, 6.45) is 2.57. The van der Waals surface area contributed by atoms with Crippen molar-refractivity contribution < 1.29 is 13.3 Å². The standard InChI is InChI=1S/C10H15N3O4S2/c1-10(4-3-5-10)12-19(16,17)8-6-7(13(14)15)9(11-2)18-8/h6,11-12H,3-5H2,1-2H3. The number of nitrogens with one attached hydrogen (secondary N) is 2. The van der Waals surface area contributed by atoms with Crippen LogP contribution in [0.15, 0.2) is 10.3 Å². The SMILES string of the molecule is CNc1sc(S(=O)(=O)NC2(C)CCC2)cc1[N+](=O)[O-]. The lowest BCUT2D eigenvalue weighted by molar-refractivity contribution is -0.383. The lowest BCUT2D eigenvalue weighted by atomic mass is 9.80. The molecule has 1 aromatic heterocycles. The summed E-state index contributed by atoms with van der Waals surface area (Å²) in [5.74, 6) is 0. The highest BCUT2D eigenvalue weighted by Gasteiger charge is 2.37. The van der Waals surface area contributed by atoms with Gasteiger partial charge in [-0.3, -0.25) is 10.1 Å². The molecule has 0 saturated heterocycles. The third-order valence-electron chi connectivity index (χ3n) is 3.22. The first-order chi connectivity index (χ1) is 8.77. The van der Waals surface area contributed by atoms with Crippen LogP contribution in [0.5, 0.6) is 0 Å². The number of anilines is 1. The Kier molecular flexibility index (Phi) is 3.54. The Morgan fingerprint density at radius 2 is 2.11 bits per heavy atom. The minimum Gasteiger partial charge on any atom is -0.374 e. The first-order valence-corrected chi connectivity index (χ1v) is 8.07. The van der Waals surface area contributed by atoms with Gasteiger partial charge in [0.2, 0.25) is 0 Å². The smallest absolute Gasteiger partial charge is 0.304 e. The van der Waals surface area contributed by atoms with Crippen LogP contribution in [-0.4, -0.2) is 25.9 Å².